The number of fused-ring (bicyclic) bond motifs is 1. The summed E-state index contributed by atoms with van der Waals surface area (Å²) >= 11 is 0. The van der Waals surface area contributed by atoms with Gasteiger partial charge < -0.3 is 10.1 Å². The van der Waals surface area contributed by atoms with Gasteiger partial charge in [0.2, 0.25) is 0 Å². The molecule has 0 aliphatic rings. The Morgan fingerprint density at radius 1 is 0.923 bits per heavy atom. The van der Waals surface area contributed by atoms with Crippen molar-refractivity contribution in [1.29, 1.82) is 0 Å². The van der Waals surface area contributed by atoms with Crippen LogP contribution in [0, 0.1) is 0 Å². The van der Waals surface area contributed by atoms with E-state index in [9.17, 15) is 4.79 Å². The highest BCUT2D eigenvalue weighted by Crippen LogP contribution is 2.24. The van der Waals surface area contributed by atoms with Crippen LogP contribution in [-0.2, 0) is 11.3 Å². The van der Waals surface area contributed by atoms with Gasteiger partial charge in [0.15, 0.2) is 0 Å². The number of nitrogens with one attached hydrogen (secondary N) is 1. The molecule has 0 fully saturated rings. The third-order valence-electron chi connectivity index (χ3n) is 4.44. The molecule has 0 bridgehead atoms. The Bertz CT molecular complexity index is 879. The second kappa shape index (κ2) is 8.15. The number of benzene rings is 3. The zero-order chi connectivity index (χ0) is 18.5. The van der Waals surface area contributed by atoms with Crippen molar-refractivity contribution in [3.8, 4) is 0 Å². The first kappa shape index (κ1) is 18.2. The molecule has 134 valence electrons. The molecule has 0 aromatic heterocycles. The second-order valence-electron chi connectivity index (χ2n) is 6.82. The maximum absolute atomic E-state index is 12.6. The van der Waals surface area contributed by atoms with Crippen molar-refractivity contribution in [2.24, 2.45) is 0 Å². The predicted octanol–water partition coefficient (Wildman–Crippen LogP) is 5.26. The fourth-order valence-corrected chi connectivity index (χ4v) is 3.00. The van der Waals surface area contributed by atoms with Gasteiger partial charge in [0.05, 0.1) is 18.8 Å². The number of hydrogen-bond donors (Lipinski definition) is 1. The van der Waals surface area contributed by atoms with E-state index in [1.54, 1.807) is 0 Å². The van der Waals surface area contributed by atoms with Gasteiger partial charge in [-0.1, -0.05) is 54.6 Å². The summed E-state index contributed by atoms with van der Waals surface area (Å²) in [4.78, 5) is 12.6. The van der Waals surface area contributed by atoms with E-state index in [-0.39, 0.29) is 18.1 Å². The fourth-order valence-electron chi connectivity index (χ4n) is 3.00. The summed E-state index contributed by atoms with van der Waals surface area (Å²) < 4.78 is 5.59. The van der Waals surface area contributed by atoms with Crippen molar-refractivity contribution >= 4 is 16.7 Å². The Morgan fingerprint density at radius 3 is 2.35 bits per heavy atom. The van der Waals surface area contributed by atoms with Crippen LogP contribution in [-0.4, -0.2) is 12.0 Å². The van der Waals surface area contributed by atoms with Crippen molar-refractivity contribution < 1.29 is 9.53 Å². The number of carbonyl (C=O) groups is 1. The molecule has 0 saturated carbocycles. The van der Waals surface area contributed by atoms with E-state index in [2.05, 4.69) is 29.6 Å². The number of rotatable bonds is 6. The lowest BCUT2D eigenvalue weighted by molar-refractivity contribution is 0.0656. The lowest BCUT2D eigenvalue weighted by Gasteiger charge is -2.17. The average molecular weight is 347 g/mol. The highest BCUT2D eigenvalue weighted by atomic mass is 16.5. The molecular weight excluding hydrogens is 322 g/mol. The van der Waals surface area contributed by atoms with Gasteiger partial charge >= 0.3 is 0 Å². The van der Waals surface area contributed by atoms with Crippen LogP contribution in [0.1, 0.15) is 48.3 Å². The zero-order valence-corrected chi connectivity index (χ0v) is 15.5. The van der Waals surface area contributed by atoms with Crippen molar-refractivity contribution in [2.45, 2.75) is 39.5 Å². The van der Waals surface area contributed by atoms with Crippen LogP contribution < -0.4 is 5.32 Å². The molecule has 0 radical (unpaired) electrons. The monoisotopic (exact) mass is 347 g/mol. The molecule has 1 N–H and O–H groups in total. The van der Waals surface area contributed by atoms with Gasteiger partial charge in [-0.25, -0.2) is 0 Å². The van der Waals surface area contributed by atoms with Crippen molar-refractivity contribution in [1.82, 2.24) is 5.32 Å². The molecule has 0 unspecified atom stereocenters. The molecule has 0 heterocycles. The molecular formula is C23H25NO2. The van der Waals surface area contributed by atoms with E-state index in [1.165, 1.54) is 10.8 Å². The van der Waals surface area contributed by atoms with Crippen LogP contribution in [0.3, 0.4) is 0 Å². The van der Waals surface area contributed by atoms with Crippen LogP contribution in [0.5, 0.6) is 0 Å². The Balaban J connectivity index is 1.71. The number of carbonyl (C=O) groups excluding carboxylic acids is 1. The Labute approximate surface area is 155 Å². The van der Waals surface area contributed by atoms with E-state index in [1.807, 2.05) is 63.2 Å². The first-order valence-electron chi connectivity index (χ1n) is 9.03. The predicted molar refractivity (Wildman–Crippen MR) is 106 cm³/mol. The molecule has 26 heavy (non-hydrogen) atoms. The smallest absolute Gasteiger partial charge is 0.251 e. The Kier molecular flexibility index (Phi) is 5.69. The first-order chi connectivity index (χ1) is 12.5. The minimum atomic E-state index is -0.0717. The summed E-state index contributed by atoms with van der Waals surface area (Å²) in [5.41, 5.74) is 2.85. The molecule has 3 nitrogen and oxygen atoms in total. The molecule has 0 spiro atoms. The number of amides is 1. The molecule has 3 aromatic rings. The zero-order valence-electron chi connectivity index (χ0n) is 15.5. The molecule has 0 saturated heterocycles. The van der Waals surface area contributed by atoms with E-state index in [0.29, 0.717) is 12.2 Å². The van der Waals surface area contributed by atoms with Crippen molar-refractivity contribution in [2.75, 3.05) is 0 Å². The Hall–Kier alpha value is -2.65. The van der Waals surface area contributed by atoms with Gasteiger partial charge in [-0.3, -0.25) is 4.79 Å². The van der Waals surface area contributed by atoms with Gasteiger partial charge in [-0.2, -0.15) is 0 Å². The first-order valence-corrected chi connectivity index (χ1v) is 9.03. The maximum atomic E-state index is 12.6. The summed E-state index contributed by atoms with van der Waals surface area (Å²) in [6, 6.07) is 21.9. The summed E-state index contributed by atoms with van der Waals surface area (Å²) in [7, 11) is 0. The van der Waals surface area contributed by atoms with Crippen LogP contribution >= 0.6 is 0 Å². The third kappa shape index (κ3) is 4.30. The SMILES string of the molecule is CC(C)OCc1ccc(C(=O)N[C@@H](C)c2cccc3ccccc23)cc1. The molecule has 1 atom stereocenters. The largest absolute Gasteiger partial charge is 0.374 e. The van der Waals surface area contributed by atoms with Crippen molar-refractivity contribution in [3.05, 3.63) is 83.4 Å². The third-order valence-corrected chi connectivity index (χ3v) is 4.44. The topological polar surface area (TPSA) is 38.3 Å². The van der Waals surface area contributed by atoms with Gasteiger partial charge in [0, 0.05) is 5.56 Å². The van der Waals surface area contributed by atoms with Gasteiger partial charge in [0.1, 0.15) is 0 Å². The van der Waals surface area contributed by atoms with E-state index in [0.717, 1.165) is 11.1 Å². The van der Waals surface area contributed by atoms with Gasteiger partial charge in [0.25, 0.3) is 5.91 Å². The second-order valence-corrected chi connectivity index (χ2v) is 6.82. The number of ether oxygens (including phenoxy) is 1. The van der Waals surface area contributed by atoms with Crippen molar-refractivity contribution in [3.63, 3.8) is 0 Å². The quantitative estimate of drug-likeness (QED) is 0.661. The normalized spacial score (nSPS) is 12.3. The van der Waals surface area contributed by atoms with E-state index in [4.69, 9.17) is 4.74 Å². The Morgan fingerprint density at radius 2 is 1.62 bits per heavy atom. The van der Waals surface area contributed by atoms with E-state index >= 15 is 0 Å². The summed E-state index contributed by atoms with van der Waals surface area (Å²) in [6.45, 7) is 6.60. The summed E-state index contributed by atoms with van der Waals surface area (Å²) in [6.07, 6.45) is 0.194. The van der Waals surface area contributed by atoms with E-state index < -0.39 is 0 Å². The molecule has 3 aromatic carbocycles. The molecule has 0 aliphatic carbocycles. The van der Waals surface area contributed by atoms with Crippen LogP contribution in [0.4, 0.5) is 0 Å². The highest BCUT2D eigenvalue weighted by molar-refractivity contribution is 5.95. The average Bonchev–Trinajstić information content (AvgIpc) is 2.66. The summed E-state index contributed by atoms with van der Waals surface area (Å²) in [5, 5.41) is 5.46. The molecule has 0 aliphatic heterocycles. The van der Waals surface area contributed by atoms with Gasteiger partial charge in [-0.05, 0) is 54.8 Å². The maximum Gasteiger partial charge on any atom is 0.251 e. The fraction of sp³-hybridized carbons (Fsp3) is 0.261. The number of hydrogen-bond acceptors (Lipinski definition) is 2. The van der Waals surface area contributed by atoms with Gasteiger partial charge in [-0.15, -0.1) is 0 Å². The lowest BCUT2D eigenvalue weighted by Crippen LogP contribution is -2.26. The standard InChI is InChI=1S/C23H25NO2/c1-16(2)26-15-18-11-13-20(14-12-18)23(25)24-17(3)21-10-6-8-19-7-4-5-9-22(19)21/h4-14,16-17H,15H2,1-3H3,(H,24,25)/t17-/m0/s1. The minimum Gasteiger partial charge on any atom is -0.374 e. The molecule has 3 heteroatoms. The van der Waals surface area contributed by atoms with Crippen LogP contribution in [0.2, 0.25) is 0 Å². The molecule has 1 amide bonds. The lowest BCUT2D eigenvalue weighted by atomic mass is 9.99. The van der Waals surface area contributed by atoms with Crippen LogP contribution in [0.25, 0.3) is 10.8 Å². The highest BCUT2D eigenvalue weighted by Gasteiger charge is 2.13. The molecule has 3 rings (SSSR count). The minimum absolute atomic E-state index is 0.0678. The van der Waals surface area contributed by atoms with Crippen LogP contribution in [0.15, 0.2) is 66.7 Å². The summed E-state index contributed by atoms with van der Waals surface area (Å²) in [5.74, 6) is -0.0678.